The van der Waals surface area contributed by atoms with Crippen molar-refractivity contribution in [3.63, 3.8) is 0 Å². The highest BCUT2D eigenvalue weighted by molar-refractivity contribution is 9.10. The fourth-order valence-electron chi connectivity index (χ4n) is 2.73. The van der Waals surface area contributed by atoms with Gasteiger partial charge in [0, 0.05) is 16.2 Å². The van der Waals surface area contributed by atoms with Crippen LogP contribution in [0.5, 0.6) is 0 Å². The van der Waals surface area contributed by atoms with Crippen molar-refractivity contribution in [1.29, 1.82) is 0 Å². The van der Waals surface area contributed by atoms with E-state index in [0.717, 1.165) is 26.8 Å². The van der Waals surface area contributed by atoms with Crippen LogP contribution in [0.2, 0.25) is 0 Å². The highest BCUT2D eigenvalue weighted by Crippen LogP contribution is 2.43. The van der Waals surface area contributed by atoms with E-state index in [4.69, 9.17) is 12.2 Å². The number of hydrogen-bond donors (Lipinski definition) is 1. The van der Waals surface area contributed by atoms with E-state index < -0.39 is 0 Å². The summed E-state index contributed by atoms with van der Waals surface area (Å²) in [5, 5.41) is 0. The molecule has 2 aromatic rings. The first-order valence-corrected chi connectivity index (χ1v) is 7.13. The van der Waals surface area contributed by atoms with Crippen LogP contribution in [0.15, 0.2) is 16.7 Å². The topological polar surface area (TPSA) is 33.6 Å². The summed E-state index contributed by atoms with van der Waals surface area (Å²) in [7, 11) is 0. The van der Waals surface area contributed by atoms with E-state index >= 15 is 0 Å². The lowest BCUT2D eigenvalue weighted by Gasteiger charge is -2.42. The molecule has 2 heterocycles. The van der Waals surface area contributed by atoms with Crippen molar-refractivity contribution in [3.8, 4) is 0 Å². The van der Waals surface area contributed by atoms with Crippen molar-refractivity contribution >= 4 is 39.3 Å². The number of aromatic amines is 1. The molecule has 3 rings (SSSR count). The second kappa shape index (κ2) is 3.92. The van der Waals surface area contributed by atoms with Crippen LogP contribution in [0.25, 0.3) is 11.2 Å². The van der Waals surface area contributed by atoms with Gasteiger partial charge in [0.2, 0.25) is 0 Å². The lowest BCUT2D eigenvalue weighted by molar-refractivity contribution is 0.139. The Labute approximate surface area is 113 Å². The number of fused-ring (bicyclic) bond motifs is 1. The summed E-state index contributed by atoms with van der Waals surface area (Å²) in [4.78, 5) is 7.78. The van der Waals surface area contributed by atoms with Gasteiger partial charge in [-0.1, -0.05) is 6.92 Å². The van der Waals surface area contributed by atoms with Crippen LogP contribution < -0.4 is 0 Å². The Hall–Kier alpha value is -0.680. The number of rotatable bonds is 2. The number of pyridine rings is 1. The molecular formula is C12H14BrN3S. The second-order valence-corrected chi connectivity index (χ2v) is 6.02. The molecule has 0 aromatic carbocycles. The number of aromatic nitrogens is 3. The number of imidazole rings is 1. The summed E-state index contributed by atoms with van der Waals surface area (Å²) in [6.45, 7) is 2.23. The van der Waals surface area contributed by atoms with Gasteiger partial charge < -0.3 is 4.98 Å². The van der Waals surface area contributed by atoms with Crippen LogP contribution >= 0.6 is 28.1 Å². The number of halogens is 1. The Balaban J connectivity index is 2.29. The maximum absolute atomic E-state index is 5.46. The maximum atomic E-state index is 5.46. The smallest absolute Gasteiger partial charge is 0.179 e. The zero-order chi connectivity index (χ0) is 12.0. The van der Waals surface area contributed by atoms with Crippen LogP contribution in [0.3, 0.4) is 0 Å². The van der Waals surface area contributed by atoms with Gasteiger partial charge in [-0.2, -0.15) is 0 Å². The summed E-state index contributed by atoms with van der Waals surface area (Å²) in [5.41, 5.74) is 2.21. The molecule has 1 N–H and O–H groups in total. The first-order valence-electron chi connectivity index (χ1n) is 5.93. The van der Waals surface area contributed by atoms with Gasteiger partial charge >= 0.3 is 0 Å². The van der Waals surface area contributed by atoms with E-state index in [1.807, 2.05) is 12.3 Å². The molecule has 1 saturated carbocycles. The molecule has 0 unspecified atom stereocenters. The largest absolute Gasteiger partial charge is 0.329 e. The normalized spacial score (nSPS) is 18.2. The van der Waals surface area contributed by atoms with Crippen molar-refractivity contribution < 1.29 is 0 Å². The van der Waals surface area contributed by atoms with Crippen LogP contribution in [0.4, 0.5) is 0 Å². The molecule has 0 atom stereocenters. The molecule has 5 heteroatoms. The van der Waals surface area contributed by atoms with Crippen molar-refractivity contribution in [2.75, 3.05) is 0 Å². The van der Waals surface area contributed by atoms with E-state index in [-0.39, 0.29) is 5.54 Å². The molecule has 0 saturated heterocycles. The summed E-state index contributed by atoms with van der Waals surface area (Å²) >= 11 is 8.90. The minimum atomic E-state index is 0.205. The number of hydrogen-bond acceptors (Lipinski definition) is 2. The summed E-state index contributed by atoms with van der Waals surface area (Å²) < 4.78 is 4.01. The average Bonchev–Trinajstić information content (AvgIpc) is 2.55. The molecule has 3 nitrogen and oxygen atoms in total. The van der Waals surface area contributed by atoms with Crippen molar-refractivity contribution in [2.45, 2.75) is 38.1 Å². The third kappa shape index (κ3) is 1.59. The molecule has 0 spiro atoms. The minimum absolute atomic E-state index is 0.205. The van der Waals surface area contributed by atoms with E-state index in [1.54, 1.807) is 0 Å². The van der Waals surface area contributed by atoms with Gasteiger partial charge in [-0.05, 0) is 59.9 Å². The predicted molar refractivity (Wildman–Crippen MR) is 74.7 cm³/mol. The molecule has 17 heavy (non-hydrogen) atoms. The fraction of sp³-hybridized carbons (Fsp3) is 0.500. The molecule has 0 radical (unpaired) electrons. The highest BCUT2D eigenvalue weighted by atomic mass is 79.9. The monoisotopic (exact) mass is 311 g/mol. The zero-order valence-electron chi connectivity index (χ0n) is 9.66. The average molecular weight is 312 g/mol. The number of nitrogens with zero attached hydrogens (tertiary/aromatic N) is 2. The molecule has 1 aliphatic carbocycles. The predicted octanol–water partition coefficient (Wildman–Crippen LogP) is 4.15. The third-order valence-electron chi connectivity index (χ3n) is 3.91. The summed E-state index contributed by atoms with van der Waals surface area (Å²) in [6, 6.07) is 2.04. The van der Waals surface area contributed by atoms with Crippen LogP contribution in [0.1, 0.15) is 32.6 Å². The summed E-state index contributed by atoms with van der Waals surface area (Å²) in [6.07, 6.45) is 6.67. The van der Waals surface area contributed by atoms with E-state index in [0.29, 0.717) is 0 Å². The van der Waals surface area contributed by atoms with E-state index in [1.165, 1.54) is 19.3 Å². The molecular weight excluding hydrogens is 298 g/mol. The van der Waals surface area contributed by atoms with Crippen LogP contribution in [-0.2, 0) is 5.54 Å². The lowest BCUT2D eigenvalue weighted by Crippen LogP contribution is -2.40. The molecule has 0 aliphatic heterocycles. The number of nitrogens with one attached hydrogen (secondary N) is 1. The SMILES string of the molecule is CCC1(n2c(=S)[nH]c3cc(Br)cnc32)CCC1. The van der Waals surface area contributed by atoms with Crippen LogP contribution in [0, 0.1) is 4.77 Å². The van der Waals surface area contributed by atoms with Crippen molar-refractivity contribution in [1.82, 2.24) is 14.5 Å². The summed E-state index contributed by atoms with van der Waals surface area (Å²) in [5.74, 6) is 0. The molecule has 90 valence electrons. The first kappa shape index (κ1) is 11.4. The second-order valence-electron chi connectivity index (χ2n) is 4.72. The van der Waals surface area contributed by atoms with Crippen molar-refractivity contribution in [2.24, 2.45) is 0 Å². The third-order valence-corrected chi connectivity index (χ3v) is 4.62. The quantitative estimate of drug-likeness (QED) is 0.845. The Morgan fingerprint density at radius 1 is 1.59 bits per heavy atom. The fourth-order valence-corrected chi connectivity index (χ4v) is 3.45. The zero-order valence-corrected chi connectivity index (χ0v) is 12.1. The molecule has 2 aromatic heterocycles. The van der Waals surface area contributed by atoms with Gasteiger partial charge in [0.05, 0.1) is 5.52 Å². The van der Waals surface area contributed by atoms with Gasteiger partial charge in [0.15, 0.2) is 10.4 Å². The van der Waals surface area contributed by atoms with Gasteiger partial charge in [-0.25, -0.2) is 4.98 Å². The Bertz CT molecular complexity index is 619. The van der Waals surface area contributed by atoms with Crippen molar-refractivity contribution in [3.05, 3.63) is 21.5 Å². The Morgan fingerprint density at radius 2 is 2.35 bits per heavy atom. The van der Waals surface area contributed by atoms with E-state index in [2.05, 4.69) is 37.4 Å². The standard InChI is InChI=1S/C12H14BrN3S/c1-2-12(4-3-5-12)16-10-9(15-11(16)17)6-8(13)7-14-10/h6-7H,2-5H2,1H3,(H,15,17). The van der Waals surface area contributed by atoms with Gasteiger partial charge in [-0.3, -0.25) is 4.57 Å². The Morgan fingerprint density at radius 3 is 2.94 bits per heavy atom. The molecule has 1 aliphatic rings. The molecule has 0 amide bonds. The maximum Gasteiger partial charge on any atom is 0.179 e. The minimum Gasteiger partial charge on any atom is -0.329 e. The highest BCUT2D eigenvalue weighted by Gasteiger charge is 2.38. The van der Waals surface area contributed by atoms with Crippen LogP contribution in [-0.4, -0.2) is 14.5 Å². The van der Waals surface area contributed by atoms with Gasteiger partial charge in [0.25, 0.3) is 0 Å². The van der Waals surface area contributed by atoms with Gasteiger partial charge in [-0.15, -0.1) is 0 Å². The van der Waals surface area contributed by atoms with Gasteiger partial charge in [0.1, 0.15) is 0 Å². The lowest BCUT2D eigenvalue weighted by atomic mass is 9.74. The molecule has 0 bridgehead atoms. The first-order chi connectivity index (χ1) is 8.16. The molecule has 1 fully saturated rings. The number of H-pyrrole nitrogens is 1. The van der Waals surface area contributed by atoms with E-state index in [9.17, 15) is 0 Å². The Kier molecular flexibility index (Phi) is 2.63.